The summed E-state index contributed by atoms with van der Waals surface area (Å²) in [6.45, 7) is 6.31. The molecular formula is C26H46O6. The Kier molecular flexibility index (Phi) is 12.0. The predicted octanol–water partition coefficient (Wildman–Crippen LogP) is 6.19. The maximum Gasteiger partial charge on any atom is 0.306 e. The van der Waals surface area contributed by atoms with E-state index in [4.69, 9.17) is 19.3 Å². The number of rotatable bonds is 20. The zero-order valence-corrected chi connectivity index (χ0v) is 20.6. The van der Waals surface area contributed by atoms with Crippen molar-refractivity contribution < 1.29 is 28.9 Å². The summed E-state index contributed by atoms with van der Waals surface area (Å²) < 4.78 is 17.4. The molecule has 0 bridgehead atoms. The Morgan fingerprint density at radius 1 is 0.750 bits per heavy atom. The van der Waals surface area contributed by atoms with Gasteiger partial charge in [0.25, 0.3) is 0 Å². The second-order valence-electron chi connectivity index (χ2n) is 9.71. The van der Waals surface area contributed by atoms with Crippen LogP contribution in [0, 0.1) is 0 Å². The van der Waals surface area contributed by atoms with Gasteiger partial charge in [-0.3, -0.25) is 9.59 Å². The van der Waals surface area contributed by atoms with Gasteiger partial charge in [-0.25, -0.2) is 0 Å². The van der Waals surface area contributed by atoms with Gasteiger partial charge in [0.1, 0.15) is 5.60 Å². The fourth-order valence-corrected chi connectivity index (χ4v) is 4.77. The third kappa shape index (κ3) is 10.2. The zero-order valence-electron chi connectivity index (χ0n) is 20.6. The number of esters is 1. The molecular weight excluding hydrogens is 408 g/mol. The summed E-state index contributed by atoms with van der Waals surface area (Å²) >= 11 is 0. The summed E-state index contributed by atoms with van der Waals surface area (Å²) in [6, 6.07) is 0. The molecule has 0 saturated carbocycles. The van der Waals surface area contributed by atoms with Crippen LogP contribution < -0.4 is 0 Å². The molecule has 1 N–H and O–H groups in total. The SMILES string of the molecule is CCCCCCCC1OC1CCCC1OC1CCCC(CC)(CC)OC(=O)CCC(=O)O. The molecule has 6 nitrogen and oxygen atoms in total. The number of hydrogen-bond donors (Lipinski definition) is 1. The van der Waals surface area contributed by atoms with Crippen molar-refractivity contribution >= 4 is 11.9 Å². The van der Waals surface area contributed by atoms with Crippen LogP contribution in [0.25, 0.3) is 0 Å². The Hall–Kier alpha value is -1.14. The molecule has 0 aromatic rings. The molecule has 0 aromatic heterocycles. The van der Waals surface area contributed by atoms with Crippen LogP contribution in [0.1, 0.15) is 124 Å². The van der Waals surface area contributed by atoms with Crippen molar-refractivity contribution in [1.82, 2.24) is 0 Å². The van der Waals surface area contributed by atoms with Crippen LogP contribution in [0.5, 0.6) is 0 Å². The van der Waals surface area contributed by atoms with E-state index in [1.807, 2.05) is 13.8 Å². The minimum Gasteiger partial charge on any atom is -0.481 e. The topological polar surface area (TPSA) is 88.7 Å². The first-order valence-electron chi connectivity index (χ1n) is 13.2. The van der Waals surface area contributed by atoms with E-state index in [9.17, 15) is 9.59 Å². The molecule has 0 spiro atoms. The number of epoxide rings is 2. The number of hydrogen-bond acceptors (Lipinski definition) is 5. The van der Waals surface area contributed by atoms with Crippen LogP contribution in [0.2, 0.25) is 0 Å². The van der Waals surface area contributed by atoms with Crippen LogP contribution in [-0.4, -0.2) is 47.1 Å². The first-order valence-corrected chi connectivity index (χ1v) is 13.2. The Bertz CT molecular complexity index is 559. The van der Waals surface area contributed by atoms with Gasteiger partial charge < -0.3 is 19.3 Å². The van der Waals surface area contributed by atoms with Crippen LogP contribution in [-0.2, 0) is 23.8 Å². The molecule has 6 heteroatoms. The van der Waals surface area contributed by atoms with E-state index in [1.165, 1.54) is 44.9 Å². The number of carboxylic acid groups (broad SMARTS) is 1. The smallest absolute Gasteiger partial charge is 0.306 e. The number of carbonyl (C=O) groups excluding carboxylic acids is 1. The Morgan fingerprint density at radius 2 is 1.28 bits per heavy atom. The molecule has 186 valence electrons. The van der Waals surface area contributed by atoms with E-state index >= 15 is 0 Å². The van der Waals surface area contributed by atoms with Crippen LogP contribution in [0.4, 0.5) is 0 Å². The summed E-state index contributed by atoms with van der Waals surface area (Å²) in [5.74, 6) is -1.37. The summed E-state index contributed by atoms with van der Waals surface area (Å²) in [5.41, 5.74) is -0.477. The normalized spacial score (nSPS) is 24.3. The Morgan fingerprint density at radius 3 is 1.81 bits per heavy atom. The number of carboxylic acids is 1. The second kappa shape index (κ2) is 14.2. The van der Waals surface area contributed by atoms with E-state index in [1.54, 1.807) is 0 Å². The van der Waals surface area contributed by atoms with Gasteiger partial charge in [0.05, 0.1) is 37.3 Å². The first-order chi connectivity index (χ1) is 15.4. The first kappa shape index (κ1) is 27.1. The van der Waals surface area contributed by atoms with E-state index < -0.39 is 17.5 Å². The molecule has 4 unspecified atom stereocenters. The maximum atomic E-state index is 12.0. The molecule has 0 radical (unpaired) electrons. The monoisotopic (exact) mass is 454 g/mol. The van der Waals surface area contributed by atoms with Crippen LogP contribution in [0.15, 0.2) is 0 Å². The average Bonchev–Trinajstić information content (AvgIpc) is 3.69. The molecule has 4 atom stereocenters. The van der Waals surface area contributed by atoms with Crippen molar-refractivity contribution in [3.63, 3.8) is 0 Å². The van der Waals surface area contributed by atoms with Gasteiger partial charge in [-0.05, 0) is 57.8 Å². The van der Waals surface area contributed by atoms with Crippen molar-refractivity contribution in [2.45, 2.75) is 154 Å². The molecule has 2 fully saturated rings. The van der Waals surface area contributed by atoms with Gasteiger partial charge in [-0.15, -0.1) is 0 Å². The van der Waals surface area contributed by atoms with Crippen molar-refractivity contribution in [3.8, 4) is 0 Å². The highest BCUT2D eigenvalue weighted by molar-refractivity contribution is 5.76. The molecule has 0 amide bonds. The van der Waals surface area contributed by atoms with Crippen molar-refractivity contribution in [1.29, 1.82) is 0 Å². The maximum absolute atomic E-state index is 12.0. The average molecular weight is 455 g/mol. The Labute approximate surface area is 194 Å². The molecule has 2 aliphatic heterocycles. The molecule has 0 aromatic carbocycles. The lowest BCUT2D eigenvalue weighted by Gasteiger charge is -2.31. The highest BCUT2D eigenvalue weighted by Gasteiger charge is 2.41. The van der Waals surface area contributed by atoms with Gasteiger partial charge in [0.15, 0.2) is 0 Å². The summed E-state index contributed by atoms with van der Waals surface area (Å²) in [6.07, 6.45) is 17.1. The lowest BCUT2D eigenvalue weighted by Crippen LogP contribution is -2.34. The minimum atomic E-state index is -0.969. The van der Waals surface area contributed by atoms with Gasteiger partial charge in [0.2, 0.25) is 0 Å². The fraction of sp³-hybridized carbons (Fsp3) is 0.923. The third-order valence-electron chi connectivity index (χ3n) is 7.23. The van der Waals surface area contributed by atoms with E-state index in [0.717, 1.165) is 44.9 Å². The molecule has 2 aliphatic rings. The zero-order chi connectivity index (χ0) is 23.4. The summed E-state index contributed by atoms with van der Waals surface area (Å²) in [7, 11) is 0. The predicted molar refractivity (Wildman–Crippen MR) is 125 cm³/mol. The minimum absolute atomic E-state index is 0.0602. The van der Waals surface area contributed by atoms with Crippen molar-refractivity contribution in [3.05, 3.63) is 0 Å². The Balaban J connectivity index is 1.51. The highest BCUT2D eigenvalue weighted by atomic mass is 16.6. The summed E-state index contributed by atoms with van der Waals surface area (Å²) in [5, 5.41) is 8.75. The molecule has 2 saturated heterocycles. The molecule has 32 heavy (non-hydrogen) atoms. The lowest BCUT2D eigenvalue weighted by molar-refractivity contribution is -0.163. The summed E-state index contributed by atoms with van der Waals surface area (Å²) in [4.78, 5) is 22.7. The van der Waals surface area contributed by atoms with Crippen LogP contribution >= 0.6 is 0 Å². The largest absolute Gasteiger partial charge is 0.481 e. The number of unbranched alkanes of at least 4 members (excludes halogenated alkanes) is 4. The van der Waals surface area contributed by atoms with E-state index in [-0.39, 0.29) is 12.8 Å². The third-order valence-corrected chi connectivity index (χ3v) is 7.23. The van der Waals surface area contributed by atoms with Gasteiger partial charge in [0, 0.05) is 0 Å². The quantitative estimate of drug-likeness (QED) is 0.134. The van der Waals surface area contributed by atoms with Gasteiger partial charge in [-0.1, -0.05) is 52.9 Å². The number of aliphatic carboxylic acids is 1. The number of carbonyl (C=O) groups is 2. The van der Waals surface area contributed by atoms with Crippen molar-refractivity contribution in [2.75, 3.05) is 0 Å². The van der Waals surface area contributed by atoms with Crippen molar-refractivity contribution in [2.24, 2.45) is 0 Å². The van der Waals surface area contributed by atoms with Gasteiger partial charge >= 0.3 is 11.9 Å². The second-order valence-corrected chi connectivity index (χ2v) is 9.71. The highest BCUT2D eigenvalue weighted by Crippen LogP contribution is 2.36. The molecule has 2 heterocycles. The standard InChI is InChI=1S/C26H46O6/c1-4-7-8-9-10-13-20-21(30-20)14-11-15-22-23(31-22)16-12-19-26(5-2,6-3)32-25(29)18-17-24(27)28/h20-23H,4-19H2,1-3H3,(H,27,28). The van der Waals surface area contributed by atoms with Crippen LogP contribution in [0.3, 0.4) is 0 Å². The van der Waals surface area contributed by atoms with E-state index in [2.05, 4.69) is 6.92 Å². The molecule has 2 rings (SSSR count). The fourth-order valence-electron chi connectivity index (χ4n) is 4.77. The molecule has 0 aliphatic carbocycles. The van der Waals surface area contributed by atoms with E-state index in [0.29, 0.717) is 24.4 Å². The number of ether oxygens (including phenoxy) is 3. The lowest BCUT2D eigenvalue weighted by atomic mass is 9.90. The van der Waals surface area contributed by atoms with Gasteiger partial charge in [-0.2, -0.15) is 0 Å².